The molecule has 0 aliphatic heterocycles. The van der Waals surface area contributed by atoms with Crippen LogP contribution in [0.3, 0.4) is 0 Å². The van der Waals surface area contributed by atoms with Crippen LogP contribution in [-0.4, -0.2) is 22.4 Å². The molecule has 142 valence electrons. The third kappa shape index (κ3) is 4.09. The van der Waals surface area contributed by atoms with Gasteiger partial charge in [-0.05, 0) is 25.1 Å². The van der Waals surface area contributed by atoms with Crippen LogP contribution in [0.1, 0.15) is 28.5 Å². The van der Waals surface area contributed by atoms with Gasteiger partial charge in [-0.3, -0.25) is 0 Å². The van der Waals surface area contributed by atoms with E-state index >= 15 is 0 Å². The molecule has 2 rings (SSSR count). The van der Waals surface area contributed by atoms with E-state index in [1.807, 2.05) is 0 Å². The molecule has 5 nitrogen and oxygen atoms in total. The quantitative estimate of drug-likeness (QED) is 0.580. The number of aromatic nitrogens is 2. The third-order valence-electron chi connectivity index (χ3n) is 3.12. The van der Waals surface area contributed by atoms with Crippen molar-refractivity contribution in [2.45, 2.75) is 19.3 Å². The first kappa shape index (κ1) is 19.6. The van der Waals surface area contributed by atoms with E-state index in [4.69, 9.17) is 4.74 Å². The second kappa shape index (κ2) is 6.89. The normalized spacial score (nSPS) is 12.2. The van der Waals surface area contributed by atoms with Gasteiger partial charge in [-0.15, -0.1) is 0 Å². The fraction of sp³-hybridized carbons (Fsp3) is 0.333. The Morgan fingerprint density at radius 1 is 1.15 bits per heavy atom. The molecule has 1 aromatic heterocycles. The number of carbonyl (C=O) groups is 1. The Kier molecular flexibility index (Phi) is 5.19. The number of alkyl halides is 6. The number of nitrogens with zero attached hydrogens (tertiary/aromatic N) is 2. The van der Waals surface area contributed by atoms with E-state index < -0.39 is 46.8 Å². The van der Waals surface area contributed by atoms with E-state index in [0.29, 0.717) is 10.7 Å². The van der Waals surface area contributed by atoms with Crippen LogP contribution in [0.25, 0.3) is 0 Å². The highest BCUT2D eigenvalue weighted by Crippen LogP contribution is 2.38. The molecule has 0 radical (unpaired) electrons. The van der Waals surface area contributed by atoms with Gasteiger partial charge in [0, 0.05) is 7.05 Å². The van der Waals surface area contributed by atoms with Crippen molar-refractivity contribution < 1.29 is 40.6 Å². The van der Waals surface area contributed by atoms with Crippen molar-refractivity contribution in [1.82, 2.24) is 9.78 Å². The highest BCUT2D eigenvalue weighted by Gasteiger charge is 2.43. The van der Waals surface area contributed by atoms with Crippen LogP contribution in [0.4, 0.5) is 26.3 Å². The molecule has 0 atom stereocenters. The number of esters is 1. The first-order valence-corrected chi connectivity index (χ1v) is 7.11. The van der Waals surface area contributed by atoms with Crippen molar-refractivity contribution in [3.8, 4) is 11.6 Å². The van der Waals surface area contributed by atoms with E-state index in [2.05, 4.69) is 9.84 Å². The Morgan fingerprint density at radius 2 is 1.81 bits per heavy atom. The summed E-state index contributed by atoms with van der Waals surface area (Å²) in [5.74, 6) is -2.45. The van der Waals surface area contributed by atoms with Gasteiger partial charge in [0.15, 0.2) is 11.3 Å². The molecule has 0 saturated heterocycles. The number of aryl methyl sites for hydroxylation is 1. The maximum atomic E-state index is 13.1. The van der Waals surface area contributed by atoms with Gasteiger partial charge in [-0.25, -0.2) is 9.48 Å². The zero-order chi connectivity index (χ0) is 19.7. The molecule has 1 heterocycles. The van der Waals surface area contributed by atoms with Crippen LogP contribution in [0.15, 0.2) is 24.3 Å². The maximum absolute atomic E-state index is 13.1. The molecule has 0 unspecified atom stereocenters. The van der Waals surface area contributed by atoms with Crippen molar-refractivity contribution in [2.75, 3.05) is 6.61 Å². The molecule has 0 fully saturated rings. The number of halogens is 6. The van der Waals surface area contributed by atoms with Crippen LogP contribution < -0.4 is 4.74 Å². The predicted molar refractivity (Wildman–Crippen MR) is 75.7 cm³/mol. The van der Waals surface area contributed by atoms with Crippen LogP contribution in [0, 0.1) is 0 Å². The van der Waals surface area contributed by atoms with Crippen LogP contribution in [0.5, 0.6) is 11.6 Å². The zero-order valence-electron chi connectivity index (χ0n) is 13.4. The number of hydrogen-bond donors (Lipinski definition) is 0. The van der Waals surface area contributed by atoms with Crippen molar-refractivity contribution in [2.24, 2.45) is 7.05 Å². The van der Waals surface area contributed by atoms with E-state index in [1.165, 1.54) is 6.92 Å². The lowest BCUT2D eigenvalue weighted by molar-refractivity contribution is -0.142. The summed E-state index contributed by atoms with van der Waals surface area (Å²) in [4.78, 5) is 11.9. The largest absolute Gasteiger partial charge is 0.462 e. The van der Waals surface area contributed by atoms with Gasteiger partial charge in [0.25, 0.3) is 0 Å². The van der Waals surface area contributed by atoms with Crippen LogP contribution in [0.2, 0.25) is 0 Å². The fourth-order valence-corrected chi connectivity index (χ4v) is 2.06. The molecular formula is C15H12F6N2O3. The first-order valence-electron chi connectivity index (χ1n) is 7.11. The van der Waals surface area contributed by atoms with Gasteiger partial charge in [0.1, 0.15) is 5.75 Å². The van der Waals surface area contributed by atoms with Gasteiger partial charge >= 0.3 is 18.3 Å². The number of benzene rings is 1. The fourth-order valence-electron chi connectivity index (χ4n) is 2.06. The summed E-state index contributed by atoms with van der Waals surface area (Å²) >= 11 is 0. The summed E-state index contributed by atoms with van der Waals surface area (Å²) in [6.07, 6.45) is -9.66. The van der Waals surface area contributed by atoms with Gasteiger partial charge in [0.05, 0.1) is 12.2 Å². The van der Waals surface area contributed by atoms with Crippen LogP contribution in [-0.2, 0) is 24.1 Å². The number of rotatable bonds is 4. The lowest BCUT2D eigenvalue weighted by atomic mass is 10.2. The van der Waals surface area contributed by atoms with E-state index in [0.717, 1.165) is 25.2 Å². The van der Waals surface area contributed by atoms with E-state index in [-0.39, 0.29) is 6.61 Å². The molecule has 0 amide bonds. The average molecular weight is 382 g/mol. The second-order valence-corrected chi connectivity index (χ2v) is 5.00. The first-order chi connectivity index (χ1) is 11.9. The predicted octanol–water partition coefficient (Wildman–Crippen LogP) is 4.43. The SMILES string of the molecule is CCOC(=O)c1c(C(F)(F)F)nn(C)c1Oc1cccc(C(F)(F)F)c1. The molecule has 1 aromatic carbocycles. The van der Waals surface area contributed by atoms with Crippen molar-refractivity contribution in [3.63, 3.8) is 0 Å². The van der Waals surface area contributed by atoms with Gasteiger partial charge in [0.2, 0.25) is 5.88 Å². The maximum Gasteiger partial charge on any atom is 0.436 e. The number of hydrogen-bond acceptors (Lipinski definition) is 4. The Bertz CT molecular complexity index is 811. The van der Waals surface area contributed by atoms with E-state index in [1.54, 1.807) is 0 Å². The summed E-state index contributed by atoms with van der Waals surface area (Å²) in [7, 11) is 1.06. The molecule has 0 aliphatic carbocycles. The topological polar surface area (TPSA) is 53.3 Å². The molecule has 0 saturated carbocycles. The summed E-state index contributed by atoms with van der Waals surface area (Å²) in [5.41, 5.74) is -3.63. The van der Waals surface area contributed by atoms with Crippen molar-refractivity contribution in [1.29, 1.82) is 0 Å². The third-order valence-corrected chi connectivity index (χ3v) is 3.12. The minimum absolute atomic E-state index is 0.214. The lowest BCUT2D eigenvalue weighted by Crippen LogP contribution is -2.14. The summed E-state index contributed by atoms with van der Waals surface area (Å²) in [5, 5.41) is 3.20. The minimum Gasteiger partial charge on any atom is -0.462 e. The molecular weight excluding hydrogens is 370 g/mol. The van der Waals surface area contributed by atoms with Crippen molar-refractivity contribution >= 4 is 5.97 Å². The monoisotopic (exact) mass is 382 g/mol. The zero-order valence-corrected chi connectivity index (χ0v) is 13.4. The number of carbonyl (C=O) groups excluding carboxylic acids is 1. The van der Waals surface area contributed by atoms with Gasteiger partial charge in [-0.2, -0.15) is 31.4 Å². The Hall–Kier alpha value is -2.72. The average Bonchev–Trinajstić information content (AvgIpc) is 2.84. The lowest BCUT2D eigenvalue weighted by Gasteiger charge is -2.11. The highest BCUT2D eigenvalue weighted by molar-refractivity contribution is 5.93. The van der Waals surface area contributed by atoms with Crippen LogP contribution >= 0.6 is 0 Å². The Morgan fingerprint density at radius 3 is 2.35 bits per heavy atom. The van der Waals surface area contributed by atoms with E-state index in [9.17, 15) is 31.1 Å². The summed E-state index contributed by atoms with van der Waals surface area (Å²) in [6.45, 7) is 1.17. The summed E-state index contributed by atoms with van der Waals surface area (Å²) in [6, 6.07) is 3.48. The smallest absolute Gasteiger partial charge is 0.436 e. The Balaban J connectivity index is 2.53. The van der Waals surface area contributed by atoms with Crippen molar-refractivity contribution in [3.05, 3.63) is 41.1 Å². The number of ether oxygens (including phenoxy) is 2. The molecule has 0 aliphatic rings. The second-order valence-electron chi connectivity index (χ2n) is 5.00. The van der Waals surface area contributed by atoms with Gasteiger partial charge in [-0.1, -0.05) is 6.07 Å². The summed E-state index contributed by atoms with van der Waals surface area (Å²) < 4.78 is 87.9. The molecule has 2 aromatic rings. The Labute approximate surface area is 143 Å². The highest BCUT2D eigenvalue weighted by atomic mass is 19.4. The van der Waals surface area contributed by atoms with Gasteiger partial charge < -0.3 is 9.47 Å². The molecule has 0 N–H and O–H groups in total. The standard InChI is InChI=1S/C15H12F6N2O3/c1-3-25-13(24)10-11(15(19,20)21)22-23(2)12(10)26-9-6-4-5-8(7-9)14(16,17)18/h4-7H,3H2,1-2H3. The molecule has 0 spiro atoms. The molecule has 11 heteroatoms. The minimum atomic E-state index is -4.99. The molecule has 26 heavy (non-hydrogen) atoms. The molecule has 0 bridgehead atoms.